The third-order valence-corrected chi connectivity index (χ3v) is 5.32. The summed E-state index contributed by atoms with van der Waals surface area (Å²) in [5, 5.41) is 15.5. The van der Waals surface area contributed by atoms with Gasteiger partial charge in [-0.15, -0.1) is 0 Å². The van der Waals surface area contributed by atoms with Crippen LogP contribution < -0.4 is 10.6 Å². The minimum atomic E-state index is -0.994. The van der Waals surface area contributed by atoms with Gasteiger partial charge in [-0.3, -0.25) is 9.59 Å². The minimum Gasteiger partial charge on any atom is -0.508 e. The van der Waals surface area contributed by atoms with Gasteiger partial charge in [0.15, 0.2) is 0 Å². The van der Waals surface area contributed by atoms with Gasteiger partial charge in [0, 0.05) is 18.0 Å². The van der Waals surface area contributed by atoms with Gasteiger partial charge in [0.1, 0.15) is 23.4 Å². The molecule has 0 aliphatic rings. The molecule has 0 aromatic heterocycles. The van der Waals surface area contributed by atoms with Crippen molar-refractivity contribution in [3.05, 3.63) is 65.7 Å². The van der Waals surface area contributed by atoms with E-state index in [1.54, 1.807) is 32.9 Å². The van der Waals surface area contributed by atoms with Crippen molar-refractivity contribution in [1.29, 1.82) is 0 Å². The van der Waals surface area contributed by atoms with Crippen molar-refractivity contribution in [2.45, 2.75) is 91.1 Å². The molecule has 8 heteroatoms. The van der Waals surface area contributed by atoms with E-state index in [0.717, 1.165) is 5.56 Å². The smallest absolute Gasteiger partial charge is 0.408 e. The minimum absolute atomic E-state index is 0.0506. The van der Waals surface area contributed by atoms with Crippen LogP contribution in [0.25, 0.3) is 0 Å². The highest BCUT2D eigenvalue weighted by Crippen LogP contribution is 2.27. The number of hydrogen-bond donors (Lipinski definition) is 3. The standard InChI is InChI=1S/C29H41N3O5/c1-19(2)32(24(25(34)31-28(3,4)5)21-14-16-22(33)17-15-21)26(35)23(18-20-12-10-9-11-13-20)30-27(36)37-29(6,7)8/h9-17,19,23-24,33H,18H2,1-8H3,(H,30,36)(H,31,34). The number of amides is 3. The quantitative estimate of drug-likeness (QED) is 0.475. The molecule has 2 rings (SSSR count). The highest BCUT2D eigenvalue weighted by molar-refractivity contribution is 5.92. The Balaban J connectivity index is 2.54. The Morgan fingerprint density at radius 3 is 1.97 bits per heavy atom. The lowest BCUT2D eigenvalue weighted by Gasteiger charge is -2.38. The highest BCUT2D eigenvalue weighted by atomic mass is 16.6. The van der Waals surface area contributed by atoms with Gasteiger partial charge in [-0.1, -0.05) is 42.5 Å². The zero-order valence-corrected chi connectivity index (χ0v) is 23.2. The molecule has 0 heterocycles. The Hall–Kier alpha value is -3.55. The number of phenols is 1. The van der Waals surface area contributed by atoms with E-state index in [-0.39, 0.29) is 18.1 Å². The van der Waals surface area contributed by atoms with Crippen LogP contribution in [0.4, 0.5) is 4.79 Å². The summed E-state index contributed by atoms with van der Waals surface area (Å²) < 4.78 is 5.44. The number of alkyl carbamates (subject to hydrolysis) is 1. The maximum Gasteiger partial charge on any atom is 0.408 e. The molecule has 0 fully saturated rings. The number of nitrogens with one attached hydrogen (secondary N) is 2. The van der Waals surface area contributed by atoms with Crippen LogP contribution in [0.3, 0.4) is 0 Å². The summed E-state index contributed by atoms with van der Waals surface area (Å²) in [6, 6.07) is 13.2. The van der Waals surface area contributed by atoms with E-state index in [2.05, 4.69) is 10.6 Å². The summed E-state index contributed by atoms with van der Waals surface area (Å²) in [5.74, 6) is -0.738. The number of hydrogen-bond acceptors (Lipinski definition) is 5. The number of benzene rings is 2. The average molecular weight is 512 g/mol. The molecule has 0 radical (unpaired) electrons. The predicted octanol–water partition coefficient (Wildman–Crippen LogP) is 4.72. The summed E-state index contributed by atoms with van der Waals surface area (Å²) in [5.41, 5.74) is 0.0951. The van der Waals surface area contributed by atoms with Crippen LogP contribution in [-0.4, -0.2) is 51.1 Å². The van der Waals surface area contributed by atoms with E-state index in [4.69, 9.17) is 4.74 Å². The Labute approximate surface area is 220 Å². The van der Waals surface area contributed by atoms with Gasteiger partial charge in [0.2, 0.25) is 11.8 Å². The molecule has 0 aliphatic carbocycles. The lowest BCUT2D eigenvalue weighted by Crippen LogP contribution is -2.57. The first-order valence-electron chi connectivity index (χ1n) is 12.5. The molecule has 0 aliphatic heterocycles. The Morgan fingerprint density at radius 1 is 0.919 bits per heavy atom. The van der Waals surface area contributed by atoms with Crippen LogP contribution in [0.15, 0.2) is 54.6 Å². The first-order chi connectivity index (χ1) is 17.1. The number of aromatic hydroxyl groups is 1. The van der Waals surface area contributed by atoms with Crippen molar-refractivity contribution in [2.24, 2.45) is 0 Å². The first-order valence-corrected chi connectivity index (χ1v) is 12.5. The van der Waals surface area contributed by atoms with Gasteiger partial charge in [-0.25, -0.2) is 4.79 Å². The largest absolute Gasteiger partial charge is 0.508 e. The zero-order chi connectivity index (χ0) is 28.0. The maximum absolute atomic E-state index is 14.2. The van der Waals surface area contributed by atoms with Crippen LogP contribution in [0.2, 0.25) is 0 Å². The van der Waals surface area contributed by atoms with Gasteiger partial charge < -0.3 is 25.4 Å². The van der Waals surface area contributed by atoms with E-state index < -0.39 is 41.3 Å². The van der Waals surface area contributed by atoms with Crippen molar-refractivity contribution in [3.63, 3.8) is 0 Å². The zero-order valence-electron chi connectivity index (χ0n) is 23.2. The monoisotopic (exact) mass is 511 g/mol. The van der Waals surface area contributed by atoms with Crippen LogP contribution in [-0.2, 0) is 20.7 Å². The molecular weight excluding hydrogens is 470 g/mol. The third-order valence-electron chi connectivity index (χ3n) is 5.32. The number of carbonyl (C=O) groups is 3. The second-order valence-corrected chi connectivity index (χ2v) is 11.5. The normalized spacial score (nSPS) is 13.4. The molecule has 0 saturated carbocycles. The lowest BCUT2D eigenvalue weighted by atomic mass is 9.97. The summed E-state index contributed by atoms with van der Waals surface area (Å²) in [7, 11) is 0. The molecule has 2 aromatic carbocycles. The van der Waals surface area contributed by atoms with Gasteiger partial charge in [-0.05, 0) is 78.6 Å². The van der Waals surface area contributed by atoms with Crippen molar-refractivity contribution in [2.75, 3.05) is 0 Å². The molecule has 2 atom stereocenters. The summed E-state index contributed by atoms with van der Waals surface area (Å²) in [6.45, 7) is 14.5. The fourth-order valence-corrected chi connectivity index (χ4v) is 3.89. The number of rotatable bonds is 8. The van der Waals surface area contributed by atoms with Crippen molar-refractivity contribution < 1.29 is 24.2 Å². The molecule has 37 heavy (non-hydrogen) atoms. The second kappa shape index (κ2) is 12.1. The average Bonchev–Trinajstić information content (AvgIpc) is 2.75. The summed E-state index contributed by atoms with van der Waals surface area (Å²) >= 11 is 0. The SMILES string of the molecule is CC(C)N(C(=O)C(Cc1ccccc1)NC(=O)OC(C)(C)C)C(C(=O)NC(C)(C)C)c1ccc(O)cc1. The van der Waals surface area contributed by atoms with Crippen LogP contribution in [0.5, 0.6) is 5.75 Å². The van der Waals surface area contributed by atoms with E-state index >= 15 is 0 Å². The van der Waals surface area contributed by atoms with Crippen molar-refractivity contribution >= 4 is 17.9 Å². The van der Waals surface area contributed by atoms with E-state index in [1.165, 1.54) is 17.0 Å². The van der Waals surface area contributed by atoms with Crippen LogP contribution in [0, 0.1) is 0 Å². The Bertz CT molecular complexity index is 1050. The molecule has 8 nitrogen and oxygen atoms in total. The molecule has 3 amide bonds. The fourth-order valence-electron chi connectivity index (χ4n) is 3.89. The first kappa shape index (κ1) is 29.7. The molecule has 0 bridgehead atoms. The molecule has 0 saturated heterocycles. The lowest BCUT2D eigenvalue weighted by molar-refractivity contribution is -0.145. The number of phenolic OH excluding ortho intramolecular Hbond substituents is 1. The number of nitrogens with zero attached hydrogens (tertiary/aromatic N) is 1. The van der Waals surface area contributed by atoms with E-state index in [0.29, 0.717) is 5.56 Å². The van der Waals surface area contributed by atoms with E-state index in [1.807, 2.05) is 65.0 Å². The second-order valence-electron chi connectivity index (χ2n) is 11.5. The molecular formula is C29H41N3O5. The van der Waals surface area contributed by atoms with Crippen LogP contribution >= 0.6 is 0 Å². The molecule has 2 unspecified atom stereocenters. The highest BCUT2D eigenvalue weighted by Gasteiger charge is 2.38. The van der Waals surface area contributed by atoms with Gasteiger partial charge in [0.05, 0.1) is 0 Å². The molecule has 2 aromatic rings. The number of carbonyl (C=O) groups excluding carboxylic acids is 3. The summed E-state index contributed by atoms with van der Waals surface area (Å²) in [4.78, 5) is 42.0. The Morgan fingerprint density at radius 2 is 1.49 bits per heavy atom. The van der Waals surface area contributed by atoms with E-state index in [9.17, 15) is 19.5 Å². The Kier molecular flexibility index (Phi) is 9.73. The topological polar surface area (TPSA) is 108 Å². The molecule has 202 valence electrons. The fraction of sp³-hybridized carbons (Fsp3) is 0.483. The van der Waals surface area contributed by atoms with Gasteiger partial charge >= 0.3 is 6.09 Å². The molecule has 3 N–H and O–H groups in total. The van der Waals surface area contributed by atoms with Gasteiger partial charge in [0.25, 0.3) is 0 Å². The maximum atomic E-state index is 14.2. The van der Waals surface area contributed by atoms with Crippen molar-refractivity contribution in [3.8, 4) is 5.75 Å². The van der Waals surface area contributed by atoms with Gasteiger partial charge in [-0.2, -0.15) is 0 Å². The van der Waals surface area contributed by atoms with Crippen LogP contribution in [0.1, 0.15) is 72.6 Å². The van der Waals surface area contributed by atoms with Crippen molar-refractivity contribution in [1.82, 2.24) is 15.5 Å². The number of ether oxygens (including phenoxy) is 1. The molecule has 0 spiro atoms. The summed E-state index contributed by atoms with van der Waals surface area (Å²) in [6.07, 6.45) is -0.503. The predicted molar refractivity (Wildman–Crippen MR) is 144 cm³/mol. The third kappa shape index (κ3) is 9.44.